The SMILES string of the molecule is O=C(Cc1ccccc1)Oc1ccc(N2C(=O)[C@@H]3[C@H]4C=C[C@H]([C@H]5C[C@H]45)[C@@H]3C2=O)cc1. The number of hydrogen-bond donors (Lipinski definition) is 0. The summed E-state index contributed by atoms with van der Waals surface area (Å²) >= 11 is 0. The van der Waals surface area contributed by atoms with E-state index in [1.807, 2.05) is 30.3 Å². The smallest absolute Gasteiger partial charge is 0.315 e. The Hall–Kier alpha value is -3.21. The number of imide groups is 1. The largest absolute Gasteiger partial charge is 0.426 e. The van der Waals surface area contributed by atoms with E-state index in [0.717, 1.165) is 12.0 Å². The van der Waals surface area contributed by atoms with Crippen molar-refractivity contribution in [3.63, 3.8) is 0 Å². The number of amides is 2. The van der Waals surface area contributed by atoms with Gasteiger partial charge in [0.25, 0.3) is 0 Å². The molecule has 0 aromatic heterocycles. The maximum atomic E-state index is 13.2. The van der Waals surface area contributed by atoms with Crippen molar-refractivity contribution in [3.05, 3.63) is 72.3 Å². The average Bonchev–Trinajstić information content (AvgIpc) is 3.53. The summed E-state index contributed by atoms with van der Waals surface area (Å²) in [6.07, 6.45) is 5.68. The second kappa shape index (κ2) is 6.39. The summed E-state index contributed by atoms with van der Waals surface area (Å²) < 4.78 is 5.41. The van der Waals surface area contributed by atoms with Crippen LogP contribution in [0.15, 0.2) is 66.7 Å². The second-order valence-electron chi connectivity index (χ2n) is 8.80. The fraction of sp³-hybridized carbons (Fsp3) is 0.320. The molecule has 3 fully saturated rings. The molecule has 2 aromatic rings. The highest BCUT2D eigenvalue weighted by Gasteiger charge is 2.67. The van der Waals surface area contributed by atoms with Crippen LogP contribution >= 0.6 is 0 Å². The van der Waals surface area contributed by atoms with E-state index in [2.05, 4.69) is 12.2 Å². The zero-order valence-corrected chi connectivity index (χ0v) is 16.3. The van der Waals surface area contributed by atoms with E-state index in [0.29, 0.717) is 23.3 Å². The van der Waals surface area contributed by atoms with E-state index in [1.165, 1.54) is 4.90 Å². The third kappa shape index (κ3) is 2.58. The number of allylic oxidation sites excluding steroid dienone is 2. The lowest BCUT2D eigenvalue weighted by molar-refractivity contribution is -0.133. The Morgan fingerprint density at radius 2 is 1.47 bits per heavy atom. The van der Waals surface area contributed by atoms with Gasteiger partial charge in [-0.15, -0.1) is 0 Å². The molecule has 2 saturated carbocycles. The van der Waals surface area contributed by atoms with Crippen molar-refractivity contribution >= 4 is 23.5 Å². The summed E-state index contributed by atoms with van der Waals surface area (Å²) in [6.45, 7) is 0. The highest BCUT2D eigenvalue weighted by Crippen LogP contribution is 2.65. The summed E-state index contributed by atoms with van der Waals surface area (Å²) in [4.78, 5) is 39.8. The van der Waals surface area contributed by atoms with Gasteiger partial charge in [0.15, 0.2) is 0 Å². The molecule has 5 aliphatic rings. The van der Waals surface area contributed by atoms with Crippen molar-refractivity contribution in [3.8, 4) is 5.75 Å². The van der Waals surface area contributed by atoms with Gasteiger partial charge >= 0.3 is 5.97 Å². The first kappa shape index (κ1) is 17.6. The Labute approximate surface area is 174 Å². The van der Waals surface area contributed by atoms with Gasteiger partial charge < -0.3 is 4.74 Å². The van der Waals surface area contributed by atoms with Crippen LogP contribution in [0.3, 0.4) is 0 Å². The fourth-order valence-electron chi connectivity index (χ4n) is 5.80. The summed E-state index contributed by atoms with van der Waals surface area (Å²) in [7, 11) is 0. The van der Waals surface area contributed by atoms with Crippen molar-refractivity contribution in [2.75, 3.05) is 4.90 Å². The summed E-state index contributed by atoms with van der Waals surface area (Å²) in [5.41, 5.74) is 1.44. The minimum Gasteiger partial charge on any atom is -0.426 e. The lowest BCUT2D eigenvalue weighted by Gasteiger charge is -2.37. The molecule has 4 aliphatic carbocycles. The first-order valence-electron chi connectivity index (χ1n) is 10.5. The summed E-state index contributed by atoms with van der Waals surface area (Å²) in [6, 6.07) is 16.1. The number of benzene rings is 2. The predicted octanol–water partition coefficient (Wildman–Crippen LogP) is 3.39. The number of anilines is 1. The highest BCUT2D eigenvalue weighted by molar-refractivity contribution is 6.22. The molecular formula is C25H21NO4. The lowest BCUT2D eigenvalue weighted by atomic mass is 9.63. The van der Waals surface area contributed by atoms with Crippen LogP contribution in [0.25, 0.3) is 0 Å². The molecule has 5 nitrogen and oxygen atoms in total. The van der Waals surface area contributed by atoms with Crippen LogP contribution in [0, 0.1) is 35.5 Å². The Balaban J connectivity index is 1.18. The summed E-state index contributed by atoms with van der Waals surface area (Å²) in [5, 5.41) is 0. The van der Waals surface area contributed by atoms with Crippen LogP contribution < -0.4 is 9.64 Å². The third-order valence-corrected chi connectivity index (χ3v) is 7.18. The number of nitrogens with zero attached hydrogens (tertiary/aromatic N) is 1. The average molecular weight is 399 g/mol. The van der Waals surface area contributed by atoms with Gasteiger partial charge in [0.2, 0.25) is 11.8 Å². The van der Waals surface area contributed by atoms with Crippen molar-refractivity contribution in [1.29, 1.82) is 0 Å². The van der Waals surface area contributed by atoms with Crippen LogP contribution in [0.4, 0.5) is 5.69 Å². The van der Waals surface area contributed by atoms with Crippen molar-refractivity contribution in [2.45, 2.75) is 12.8 Å². The number of rotatable bonds is 4. The molecule has 30 heavy (non-hydrogen) atoms. The van der Waals surface area contributed by atoms with Gasteiger partial charge in [0, 0.05) is 0 Å². The topological polar surface area (TPSA) is 63.7 Å². The lowest BCUT2D eigenvalue weighted by Crippen LogP contribution is -2.40. The van der Waals surface area contributed by atoms with Gasteiger partial charge in [-0.2, -0.15) is 0 Å². The van der Waals surface area contributed by atoms with Crippen molar-refractivity contribution < 1.29 is 19.1 Å². The Kier molecular flexibility index (Phi) is 3.76. The number of esters is 1. The molecule has 0 radical (unpaired) electrons. The van der Waals surface area contributed by atoms with E-state index in [4.69, 9.17) is 4.74 Å². The van der Waals surface area contributed by atoms with Gasteiger partial charge in [-0.1, -0.05) is 42.5 Å². The normalized spacial score (nSPS) is 32.7. The quantitative estimate of drug-likeness (QED) is 0.342. The molecule has 0 N–H and O–H groups in total. The van der Waals surface area contributed by atoms with E-state index in [1.54, 1.807) is 24.3 Å². The van der Waals surface area contributed by atoms with Crippen LogP contribution in [0.2, 0.25) is 0 Å². The molecule has 1 heterocycles. The molecular weight excluding hydrogens is 378 g/mol. The van der Waals surface area contributed by atoms with E-state index < -0.39 is 0 Å². The number of carbonyl (C=O) groups is 3. The molecule has 6 atom stereocenters. The highest BCUT2D eigenvalue weighted by atomic mass is 16.5. The second-order valence-corrected chi connectivity index (χ2v) is 8.80. The standard InChI is InChI=1S/C25H21NO4/c27-21(12-14-4-2-1-3-5-14)30-16-8-6-15(7-9-16)26-24(28)22-17-10-11-18(20-13-19(17)20)23(22)25(26)29/h1-11,17-20,22-23H,12-13H2/t17-,18+,19-,20-,22+,23-/m1/s1. The minimum absolute atomic E-state index is 0.0801. The van der Waals surface area contributed by atoms with Gasteiger partial charge in [-0.05, 0) is 59.9 Å². The molecule has 0 unspecified atom stereocenters. The van der Waals surface area contributed by atoms with E-state index in [-0.39, 0.29) is 47.9 Å². The van der Waals surface area contributed by atoms with Crippen LogP contribution in [0.5, 0.6) is 5.75 Å². The molecule has 2 amide bonds. The molecule has 1 aliphatic heterocycles. The molecule has 150 valence electrons. The van der Waals surface area contributed by atoms with Gasteiger partial charge in [0.1, 0.15) is 5.75 Å². The first-order chi connectivity index (χ1) is 14.6. The van der Waals surface area contributed by atoms with Crippen molar-refractivity contribution in [1.82, 2.24) is 0 Å². The van der Waals surface area contributed by atoms with Gasteiger partial charge in [-0.3, -0.25) is 19.3 Å². The van der Waals surface area contributed by atoms with Crippen molar-refractivity contribution in [2.24, 2.45) is 35.5 Å². The minimum atomic E-state index is -0.352. The third-order valence-electron chi connectivity index (χ3n) is 7.18. The number of ether oxygens (including phenoxy) is 1. The molecule has 7 rings (SSSR count). The molecule has 5 heteroatoms. The maximum Gasteiger partial charge on any atom is 0.315 e. The van der Waals surface area contributed by atoms with Crippen LogP contribution in [0.1, 0.15) is 12.0 Å². The monoisotopic (exact) mass is 399 g/mol. The summed E-state index contributed by atoms with van der Waals surface area (Å²) in [5.74, 6) is 1.07. The molecule has 0 spiro atoms. The number of hydrogen-bond acceptors (Lipinski definition) is 4. The molecule has 1 saturated heterocycles. The molecule has 2 bridgehead atoms. The first-order valence-corrected chi connectivity index (χ1v) is 10.5. The molecule has 2 aromatic carbocycles. The Bertz CT molecular complexity index is 1040. The fourth-order valence-corrected chi connectivity index (χ4v) is 5.80. The zero-order chi connectivity index (χ0) is 20.4. The van der Waals surface area contributed by atoms with E-state index >= 15 is 0 Å². The zero-order valence-electron chi connectivity index (χ0n) is 16.3. The van der Waals surface area contributed by atoms with E-state index in [9.17, 15) is 14.4 Å². The van der Waals surface area contributed by atoms with Crippen LogP contribution in [-0.4, -0.2) is 17.8 Å². The Morgan fingerprint density at radius 3 is 2.07 bits per heavy atom. The van der Waals surface area contributed by atoms with Crippen LogP contribution in [-0.2, 0) is 20.8 Å². The maximum absolute atomic E-state index is 13.2. The van der Waals surface area contributed by atoms with Gasteiger partial charge in [-0.25, -0.2) is 0 Å². The van der Waals surface area contributed by atoms with Gasteiger partial charge in [0.05, 0.1) is 23.9 Å². The Morgan fingerprint density at radius 1 is 0.867 bits per heavy atom. The predicted molar refractivity (Wildman–Crippen MR) is 109 cm³/mol. The number of carbonyl (C=O) groups excluding carboxylic acids is 3.